The molecule has 0 aliphatic rings. The predicted molar refractivity (Wildman–Crippen MR) is 108 cm³/mol. The van der Waals surface area contributed by atoms with Gasteiger partial charge in [-0.25, -0.2) is 4.79 Å². The fourth-order valence-electron chi connectivity index (χ4n) is 3.39. The van der Waals surface area contributed by atoms with E-state index in [1.165, 1.54) is 0 Å². The van der Waals surface area contributed by atoms with Crippen molar-refractivity contribution < 1.29 is 13.3 Å². The average molecular weight is 393 g/mol. The molecular weight excluding hydrogens is 370 g/mol. The van der Waals surface area contributed by atoms with Gasteiger partial charge in [0, 0.05) is 18.0 Å². The number of benzene rings is 1. The van der Waals surface area contributed by atoms with Crippen molar-refractivity contribution in [3.05, 3.63) is 69.6 Å². The van der Waals surface area contributed by atoms with Crippen molar-refractivity contribution >= 4 is 11.0 Å². The number of rotatable bonds is 7. The van der Waals surface area contributed by atoms with Gasteiger partial charge in [-0.3, -0.25) is 4.90 Å². The van der Waals surface area contributed by atoms with Gasteiger partial charge in [-0.2, -0.15) is 0 Å². The van der Waals surface area contributed by atoms with Crippen LogP contribution in [0.5, 0.6) is 0 Å². The van der Waals surface area contributed by atoms with Gasteiger partial charge in [0.05, 0.1) is 12.8 Å². The quantitative estimate of drug-likeness (QED) is 0.428. The molecule has 0 N–H and O–H groups in total. The van der Waals surface area contributed by atoms with Crippen LogP contribution in [-0.4, -0.2) is 21.6 Å². The van der Waals surface area contributed by atoms with Crippen molar-refractivity contribution in [2.45, 2.75) is 40.3 Å². The predicted octanol–water partition coefficient (Wildman–Crippen LogP) is 4.47. The maximum Gasteiger partial charge on any atom is 0.336 e. The molecule has 0 atom stereocenters. The van der Waals surface area contributed by atoms with Gasteiger partial charge < -0.3 is 13.3 Å². The first-order valence-corrected chi connectivity index (χ1v) is 9.66. The Hall–Kier alpha value is -3.19. The Labute approximate surface area is 168 Å². The molecule has 0 amide bonds. The van der Waals surface area contributed by atoms with Crippen LogP contribution < -0.4 is 5.63 Å². The van der Waals surface area contributed by atoms with E-state index in [2.05, 4.69) is 35.0 Å². The second kappa shape index (κ2) is 8.05. The molecule has 0 aliphatic carbocycles. The van der Waals surface area contributed by atoms with Crippen LogP contribution in [0, 0.1) is 13.8 Å². The molecule has 0 spiro atoms. The number of hydrogen-bond donors (Lipinski definition) is 0. The highest BCUT2D eigenvalue weighted by atomic mass is 16.4. The standard InChI is InChI=1S/C22H23N3O4/c1-4-7-25(13-20-23-24-22(29-20)18-6-5-8-27-18)12-16-11-21(26)28-19-10-15(3)14(2)9-17(16)19/h5-6,8-11H,4,7,12-13H2,1-3H3. The molecule has 4 rings (SSSR count). The van der Waals surface area contributed by atoms with Crippen molar-refractivity contribution in [1.29, 1.82) is 0 Å². The molecule has 7 heteroatoms. The van der Waals surface area contributed by atoms with E-state index < -0.39 is 0 Å². The first kappa shape index (κ1) is 19.1. The van der Waals surface area contributed by atoms with Gasteiger partial charge in [0.15, 0.2) is 5.76 Å². The largest absolute Gasteiger partial charge is 0.459 e. The number of nitrogens with zero attached hydrogens (tertiary/aromatic N) is 3. The van der Waals surface area contributed by atoms with Gasteiger partial charge in [-0.15, -0.1) is 10.2 Å². The van der Waals surface area contributed by atoms with E-state index in [-0.39, 0.29) is 5.63 Å². The molecule has 7 nitrogen and oxygen atoms in total. The highest BCUT2D eigenvalue weighted by Gasteiger charge is 2.16. The SMILES string of the molecule is CCCN(Cc1nnc(-c2ccco2)o1)Cc1cc(=O)oc2cc(C)c(C)cc12. The molecule has 29 heavy (non-hydrogen) atoms. The molecule has 3 heterocycles. The maximum absolute atomic E-state index is 12.1. The number of hydrogen-bond acceptors (Lipinski definition) is 7. The molecule has 150 valence electrons. The summed E-state index contributed by atoms with van der Waals surface area (Å²) in [4.78, 5) is 14.3. The summed E-state index contributed by atoms with van der Waals surface area (Å²) in [6.07, 6.45) is 2.52. The Morgan fingerprint density at radius 1 is 1.03 bits per heavy atom. The molecule has 0 saturated carbocycles. The Bertz CT molecular complexity index is 1170. The normalized spacial score (nSPS) is 11.6. The number of furan rings is 1. The fourth-order valence-corrected chi connectivity index (χ4v) is 3.39. The Morgan fingerprint density at radius 3 is 2.62 bits per heavy atom. The summed E-state index contributed by atoms with van der Waals surface area (Å²) in [5.74, 6) is 1.41. The minimum absolute atomic E-state index is 0.343. The van der Waals surface area contributed by atoms with E-state index in [4.69, 9.17) is 13.3 Å². The van der Waals surface area contributed by atoms with Crippen molar-refractivity contribution in [3.63, 3.8) is 0 Å². The summed E-state index contributed by atoms with van der Waals surface area (Å²) in [5, 5.41) is 9.16. The van der Waals surface area contributed by atoms with Crippen molar-refractivity contribution in [2.24, 2.45) is 0 Å². The third-order valence-electron chi connectivity index (χ3n) is 4.94. The number of aromatic nitrogens is 2. The lowest BCUT2D eigenvalue weighted by Gasteiger charge is -2.20. The van der Waals surface area contributed by atoms with E-state index >= 15 is 0 Å². The van der Waals surface area contributed by atoms with E-state index in [1.54, 1.807) is 24.5 Å². The van der Waals surface area contributed by atoms with Gasteiger partial charge in [0.25, 0.3) is 5.89 Å². The van der Waals surface area contributed by atoms with E-state index in [0.717, 1.165) is 35.0 Å². The van der Waals surface area contributed by atoms with Crippen LogP contribution in [0.25, 0.3) is 22.6 Å². The minimum Gasteiger partial charge on any atom is -0.459 e. The maximum atomic E-state index is 12.1. The van der Waals surface area contributed by atoms with Gasteiger partial charge in [-0.05, 0) is 67.8 Å². The molecule has 0 unspecified atom stereocenters. The highest BCUT2D eigenvalue weighted by molar-refractivity contribution is 5.81. The van der Waals surface area contributed by atoms with Crippen LogP contribution in [0.2, 0.25) is 0 Å². The third kappa shape index (κ3) is 4.14. The summed E-state index contributed by atoms with van der Waals surface area (Å²) in [6.45, 7) is 8.06. The van der Waals surface area contributed by atoms with Crippen LogP contribution in [0.1, 0.15) is 35.9 Å². The van der Waals surface area contributed by atoms with Crippen molar-refractivity contribution in [1.82, 2.24) is 15.1 Å². The molecule has 0 radical (unpaired) electrons. The molecule has 3 aromatic heterocycles. The molecule has 0 bridgehead atoms. The number of aryl methyl sites for hydroxylation is 2. The van der Waals surface area contributed by atoms with Gasteiger partial charge in [-0.1, -0.05) is 6.92 Å². The second-order valence-electron chi connectivity index (χ2n) is 7.21. The zero-order chi connectivity index (χ0) is 20.4. The summed E-state index contributed by atoms with van der Waals surface area (Å²) >= 11 is 0. The Balaban J connectivity index is 1.62. The lowest BCUT2D eigenvalue weighted by molar-refractivity contribution is 0.232. The lowest BCUT2D eigenvalue weighted by Crippen LogP contribution is -2.24. The molecule has 0 aliphatic heterocycles. The topological polar surface area (TPSA) is 85.5 Å². The smallest absolute Gasteiger partial charge is 0.336 e. The zero-order valence-electron chi connectivity index (χ0n) is 16.8. The van der Waals surface area contributed by atoms with Crippen LogP contribution in [-0.2, 0) is 13.1 Å². The summed E-state index contributed by atoms with van der Waals surface area (Å²) < 4.78 is 16.5. The monoisotopic (exact) mass is 393 g/mol. The minimum atomic E-state index is -0.343. The van der Waals surface area contributed by atoms with Crippen LogP contribution in [0.15, 0.2) is 54.6 Å². The summed E-state index contributed by atoms with van der Waals surface area (Å²) in [5.41, 5.74) is 3.46. The van der Waals surface area contributed by atoms with Crippen molar-refractivity contribution in [3.8, 4) is 11.7 Å². The van der Waals surface area contributed by atoms with E-state index in [0.29, 0.717) is 36.2 Å². The molecule has 0 fully saturated rings. The fraction of sp³-hybridized carbons (Fsp3) is 0.318. The summed E-state index contributed by atoms with van der Waals surface area (Å²) in [7, 11) is 0. The van der Waals surface area contributed by atoms with Gasteiger partial charge >= 0.3 is 5.63 Å². The lowest BCUT2D eigenvalue weighted by atomic mass is 10.0. The van der Waals surface area contributed by atoms with Crippen LogP contribution in [0.3, 0.4) is 0 Å². The highest BCUT2D eigenvalue weighted by Crippen LogP contribution is 2.24. The van der Waals surface area contributed by atoms with E-state index in [1.807, 2.05) is 13.0 Å². The Morgan fingerprint density at radius 2 is 1.86 bits per heavy atom. The van der Waals surface area contributed by atoms with Crippen molar-refractivity contribution in [2.75, 3.05) is 6.54 Å². The first-order valence-electron chi connectivity index (χ1n) is 9.66. The molecule has 1 aromatic carbocycles. The van der Waals surface area contributed by atoms with Gasteiger partial charge in [0.2, 0.25) is 5.89 Å². The van der Waals surface area contributed by atoms with Crippen LogP contribution >= 0.6 is 0 Å². The van der Waals surface area contributed by atoms with E-state index in [9.17, 15) is 4.79 Å². The van der Waals surface area contributed by atoms with Gasteiger partial charge in [0.1, 0.15) is 5.58 Å². The molecular formula is C22H23N3O4. The molecule has 4 aromatic rings. The third-order valence-corrected chi connectivity index (χ3v) is 4.94. The average Bonchev–Trinajstić information content (AvgIpc) is 3.35. The summed E-state index contributed by atoms with van der Waals surface area (Å²) in [6, 6.07) is 9.13. The second-order valence-corrected chi connectivity index (χ2v) is 7.21. The Kier molecular flexibility index (Phi) is 5.31. The van der Waals surface area contributed by atoms with Crippen LogP contribution in [0.4, 0.5) is 0 Å². The number of fused-ring (bicyclic) bond motifs is 1. The molecule has 0 saturated heterocycles. The zero-order valence-corrected chi connectivity index (χ0v) is 16.8. The first-order chi connectivity index (χ1) is 14.0.